The molecule has 2 rings (SSSR count). The van der Waals surface area contributed by atoms with E-state index in [0.717, 1.165) is 6.54 Å². The Morgan fingerprint density at radius 2 is 2.06 bits per heavy atom. The molecule has 1 atom stereocenters. The van der Waals surface area contributed by atoms with Gasteiger partial charge in [0.1, 0.15) is 0 Å². The van der Waals surface area contributed by atoms with Crippen LogP contribution in [0.4, 0.5) is 0 Å². The zero-order valence-corrected chi connectivity index (χ0v) is 10.3. The van der Waals surface area contributed by atoms with Crippen LogP contribution in [0.1, 0.15) is 25.8 Å². The molecule has 1 fully saturated rings. The fourth-order valence-electron chi connectivity index (χ4n) is 2.28. The van der Waals surface area contributed by atoms with Crippen LogP contribution in [0.15, 0.2) is 30.3 Å². The molecule has 1 aromatic rings. The van der Waals surface area contributed by atoms with Gasteiger partial charge >= 0.3 is 0 Å². The predicted octanol–water partition coefficient (Wildman–Crippen LogP) is 2.26. The first-order chi connectivity index (χ1) is 7.75. The van der Waals surface area contributed by atoms with Crippen LogP contribution >= 0.6 is 0 Å². The van der Waals surface area contributed by atoms with Gasteiger partial charge < -0.3 is 5.32 Å². The van der Waals surface area contributed by atoms with E-state index in [1.807, 2.05) is 0 Å². The van der Waals surface area contributed by atoms with Crippen molar-refractivity contribution in [3.05, 3.63) is 35.9 Å². The number of hydrogen-bond donors (Lipinski definition) is 1. The van der Waals surface area contributed by atoms with Gasteiger partial charge in [0.2, 0.25) is 0 Å². The number of rotatable bonds is 4. The van der Waals surface area contributed by atoms with Crippen LogP contribution < -0.4 is 5.32 Å². The summed E-state index contributed by atoms with van der Waals surface area (Å²) in [4.78, 5) is 2.54. The monoisotopic (exact) mass is 218 g/mol. The molecule has 2 heteroatoms. The van der Waals surface area contributed by atoms with Crippen LogP contribution in [-0.4, -0.2) is 30.1 Å². The number of likely N-dealkylation sites (tertiary alicyclic amines) is 1. The Morgan fingerprint density at radius 1 is 1.31 bits per heavy atom. The standard InChI is InChI=1S/C14H22N2/c1-12(2)16-9-8-14(11-16)15-10-13-6-4-3-5-7-13/h3-7,12,14-15H,8-11H2,1-2H3. The molecule has 1 saturated heterocycles. The fraction of sp³-hybridized carbons (Fsp3) is 0.571. The van der Waals surface area contributed by atoms with E-state index in [-0.39, 0.29) is 0 Å². The molecule has 1 N–H and O–H groups in total. The van der Waals surface area contributed by atoms with Gasteiger partial charge in [0.25, 0.3) is 0 Å². The zero-order valence-electron chi connectivity index (χ0n) is 10.3. The summed E-state index contributed by atoms with van der Waals surface area (Å²) in [6.45, 7) is 7.99. The summed E-state index contributed by atoms with van der Waals surface area (Å²) < 4.78 is 0. The topological polar surface area (TPSA) is 15.3 Å². The third-order valence-corrected chi connectivity index (χ3v) is 3.39. The van der Waals surface area contributed by atoms with Crippen molar-refractivity contribution >= 4 is 0 Å². The van der Waals surface area contributed by atoms with Gasteiger partial charge in [-0.25, -0.2) is 0 Å². The van der Waals surface area contributed by atoms with Gasteiger partial charge in [0.05, 0.1) is 0 Å². The number of benzene rings is 1. The second-order valence-corrected chi connectivity index (χ2v) is 4.94. The van der Waals surface area contributed by atoms with Gasteiger partial charge in [-0.15, -0.1) is 0 Å². The maximum absolute atomic E-state index is 3.64. The smallest absolute Gasteiger partial charge is 0.0210 e. The predicted molar refractivity (Wildman–Crippen MR) is 68.4 cm³/mol. The van der Waals surface area contributed by atoms with Crippen molar-refractivity contribution in [2.75, 3.05) is 13.1 Å². The Balaban J connectivity index is 1.76. The molecule has 0 aromatic heterocycles. The average molecular weight is 218 g/mol. The van der Waals surface area contributed by atoms with Gasteiger partial charge in [-0.1, -0.05) is 30.3 Å². The van der Waals surface area contributed by atoms with E-state index >= 15 is 0 Å². The molecular formula is C14H22N2. The van der Waals surface area contributed by atoms with E-state index in [1.165, 1.54) is 25.1 Å². The molecule has 0 radical (unpaired) electrons. The lowest BCUT2D eigenvalue weighted by atomic mass is 10.2. The Morgan fingerprint density at radius 3 is 2.69 bits per heavy atom. The minimum atomic E-state index is 0.669. The lowest BCUT2D eigenvalue weighted by molar-refractivity contribution is 0.268. The molecule has 2 nitrogen and oxygen atoms in total. The molecule has 88 valence electrons. The summed E-state index contributed by atoms with van der Waals surface area (Å²) in [7, 11) is 0. The first-order valence-electron chi connectivity index (χ1n) is 6.27. The summed E-state index contributed by atoms with van der Waals surface area (Å²) in [5.41, 5.74) is 1.38. The van der Waals surface area contributed by atoms with Crippen molar-refractivity contribution in [2.24, 2.45) is 0 Å². The van der Waals surface area contributed by atoms with Crippen LogP contribution in [0.3, 0.4) is 0 Å². The van der Waals surface area contributed by atoms with E-state index < -0.39 is 0 Å². The molecule has 0 spiro atoms. The lowest BCUT2D eigenvalue weighted by Crippen LogP contribution is -2.34. The van der Waals surface area contributed by atoms with Crippen LogP contribution in [0.2, 0.25) is 0 Å². The molecule has 0 saturated carbocycles. The summed E-state index contributed by atoms with van der Waals surface area (Å²) in [6, 6.07) is 12.0. The molecule has 1 heterocycles. The van der Waals surface area contributed by atoms with Gasteiger partial charge in [0, 0.05) is 25.2 Å². The van der Waals surface area contributed by atoms with E-state index in [2.05, 4.69) is 54.4 Å². The first-order valence-corrected chi connectivity index (χ1v) is 6.27. The summed E-state index contributed by atoms with van der Waals surface area (Å²) in [6.07, 6.45) is 1.28. The Bertz CT molecular complexity index is 308. The van der Waals surface area contributed by atoms with E-state index in [4.69, 9.17) is 0 Å². The van der Waals surface area contributed by atoms with Crippen molar-refractivity contribution < 1.29 is 0 Å². The van der Waals surface area contributed by atoms with Crippen molar-refractivity contribution in [1.29, 1.82) is 0 Å². The van der Waals surface area contributed by atoms with Crippen molar-refractivity contribution in [1.82, 2.24) is 10.2 Å². The molecule has 1 aliphatic heterocycles. The highest BCUT2D eigenvalue weighted by Crippen LogP contribution is 2.12. The maximum atomic E-state index is 3.64. The van der Waals surface area contributed by atoms with Gasteiger partial charge in [0.15, 0.2) is 0 Å². The highest BCUT2D eigenvalue weighted by Gasteiger charge is 2.23. The summed E-state index contributed by atoms with van der Waals surface area (Å²) in [5.74, 6) is 0. The zero-order chi connectivity index (χ0) is 11.4. The number of nitrogens with one attached hydrogen (secondary N) is 1. The Hall–Kier alpha value is -0.860. The van der Waals surface area contributed by atoms with Gasteiger partial charge in [-0.3, -0.25) is 4.90 Å². The molecule has 1 aromatic carbocycles. The van der Waals surface area contributed by atoms with Gasteiger partial charge in [-0.2, -0.15) is 0 Å². The second kappa shape index (κ2) is 5.46. The molecule has 1 unspecified atom stereocenters. The molecule has 0 bridgehead atoms. The minimum Gasteiger partial charge on any atom is -0.309 e. The van der Waals surface area contributed by atoms with Crippen molar-refractivity contribution in [3.8, 4) is 0 Å². The molecule has 16 heavy (non-hydrogen) atoms. The first kappa shape index (κ1) is 11.6. The third kappa shape index (κ3) is 3.06. The second-order valence-electron chi connectivity index (χ2n) is 4.94. The van der Waals surface area contributed by atoms with Crippen molar-refractivity contribution in [2.45, 2.75) is 38.9 Å². The van der Waals surface area contributed by atoms with Crippen LogP contribution in [0.5, 0.6) is 0 Å². The lowest BCUT2D eigenvalue weighted by Gasteiger charge is -2.20. The SMILES string of the molecule is CC(C)N1CCC(NCc2ccccc2)C1. The molecule has 0 amide bonds. The quantitative estimate of drug-likeness (QED) is 0.834. The number of hydrogen-bond acceptors (Lipinski definition) is 2. The molecule has 1 aliphatic rings. The normalized spacial score (nSPS) is 21.8. The Kier molecular flexibility index (Phi) is 3.97. The number of nitrogens with zero attached hydrogens (tertiary/aromatic N) is 1. The van der Waals surface area contributed by atoms with Crippen LogP contribution in [-0.2, 0) is 6.54 Å². The van der Waals surface area contributed by atoms with Crippen LogP contribution in [0, 0.1) is 0 Å². The van der Waals surface area contributed by atoms with E-state index in [1.54, 1.807) is 0 Å². The molecule has 0 aliphatic carbocycles. The molecular weight excluding hydrogens is 196 g/mol. The average Bonchev–Trinajstić information content (AvgIpc) is 2.76. The highest BCUT2D eigenvalue weighted by molar-refractivity contribution is 5.14. The minimum absolute atomic E-state index is 0.669. The van der Waals surface area contributed by atoms with E-state index in [0.29, 0.717) is 12.1 Å². The summed E-state index contributed by atoms with van der Waals surface area (Å²) in [5, 5.41) is 3.64. The summed E-state index contributed by atoms with van der Waals surface area (Å²) >= 11 is 0. The van der Waals surface area contributed by atoms with Crippen LogP contribution in [0.25, 0.3) is 0 Å². The Labute approximate surface area is 98.7 Å². The van der Waals surface area contributed by atoms with Gasteiger partial charge in [-0.05, 0) is 32.4 Å². The maximum Gasteiger partial charge on any atom is 0.0210 e. The van der Waals surface area contributed by atoms with Crippen molar-refractivity contribution in [3.63, 3.8) is 0 Å². The fourth-order valence-corrected chi connectivity index (χ4v) is 2.28. The van der Waals surface area contributed by atoms with E-state index in [9.17, 15) is 0 Å². The third-order valence-electron chi connectivity index (χ3n) is 3.39. The highest BCUT2D eigenvalue weighted by atomic mass is 15.2. The largest absolute Gasteiger partial charge is 0.309 e.